The molecule has 0 fully saturated rings. The minimum Gasteiger partial charge on any atom is -0.468 e. The van der Waals surface area contributed by atoms with Gasteiger partial charge in [0.15, 0.2) is 0 Å². The summed E-state index contributed by atoms with van der Waals surface area (Å²) in [5.41, 5.74) is 11.0. The highest BCUT2D eigenvalue weighted by molar-refractivity contribution is 8.76. The normalized spacial score (nSPS) is 12.4. The van der Waals surface area contributed by atoms with E-state index in [0.717, 1.165) is 0 Å². The zero-order chi connectivity index (χ0) is 12.6. The van der Waals surface area contributed by atoms with E-state index in [1.54, 1.807) is 0 Å². The molecule has 0 saturated heterocycles. The fraction of sp³-hybridized carbons (Fsp3) is 0.750. The molecule has 0 amide bonds. The van der Waals surface area contributed by atoms with Crippen molar-refractivity contribution in [1.29, 1.82) is 0 Å². The van der Waals surface area contributed by atoms with Crippen molar-refractivity contribution in [1.82, 2.24) is 0 Å². The van der Waals surface area contributed by atoms with Crippen LogP contribution in [0.25, 0.3) is 0 Å². The number of nitrogens with two attached hydrogens (primary N) is 2. The van der Waals surface area contributed by atoms with Crippen molar-refractivity contribution in [2.45, 2.75) is 12.1 Å². The Bertz CT molecular complexity index is 225. The highest BCUT2D eigenvalue weighted by Gasteiger charge is 2.16. The first-order valence-electron chi connectivity index (χ1n) is 4.44. The number of esters is 2. The summed E-state index contributed by atoms with van der Waals surface area (Å²) in [7, 11) is 5.30. The van der Waals surface area contributed by atoms with Crippen molar-refractivity contribution in [3.8, 4) is 0 Å². The number of hydrogen-bond donors (Lipinski definition) is 2. The molecule has 110 valence electrons. The molecule has 0 unspecified atom stereocenters. The molecule has 0 aromatic carbocycles. The fourth-order valence-corrected chi connectivity index (χ4v) is 2.90. The second-order valence-electron chi connectivity index (χ2n) is 2.83. The fourth-order valence-electron chi connectivity index (χ4n) is 0.682. The monoisotopic (exact) mass is 340 g/mol. The van der Waals surface area contributed by atoms with Crippen LogP contribution in [-0.2, 0) is 19.1 Å². The van der Waals surface area contributed by atoms with Crippen LogP contribution in [0.15, 0.2) is 0 Å². The third-order valence-corrected chi connectivity index (χ3v) is 4.06. The van der Waals surface area contributed by atoms with Gasteiger partial charge in [0.1, 0.15) is 12.1 Å². The number of rotatable bonds is 7. The van der Waals surface area contributed by atoms with Gasteiger partial charge in [-0.05, 0) is 0 Å². The number of methoxy groups -OCH3 is 2. The number of ether oxygens (including phenoxy) is 2. The van der Waals surface area contributed by atoms with Crippen molar-refractivity contribution in [2.75, 3.05) is 25.7 Å². The van der Waals surface area contributed by atoms with Crippen molar-refractivity contribution in [3.63, 3.8) is 0 Å². The molecule has 0 bridgehead atoms. The molecule has 2 atom stereocenters. The minimum absolute atomic E-state index is 0. The summed E-state index contributed by atoms with van der Waals surface area (Å²) >= 11 is 0. The quantitative estimate of drug-likeness (QED) is 0.385. The average Bonchev–Trinajstić information content (AvgIpc) is 2.31. The third-order valence-electron chi connectivity index (χ3n) is 1.59. The Morgan fingerprint density at radius 3 is 1.44 bits per heavy atom. The second kappa shape index (κ2) is 13.6. The molecule has 18 heavy (non-hydrogen) atoms. The summed E-state index contributed by atoms with van der Waals surface area (Å²) < 4.78 is 8.92. The van der Waals surface area contributed by atoms with Gasteiger partial charge in [0.05, 0.1) is 14.2 Å². The maximum atomic E-state index is 10.9. The molecule has 0 aromatic heterocycles. The van der Waals surface area contributed by atoms with E-state index in [9.17, 15) is 9.59 Å². The predicted octanol–water partition coefficient (Wildman–Crippen LogP) is 0.212. The van der Waals surface area contributed by atoms with Gasteiger partial charge in [0.25, 0.3) is 0 Å². The molecule has 0 heterocycles. The molecule has 0 aromatic rings. The molecule has 6 nitrogen and oxygen atoms in total. The molecular weight excluding hydrogens is 323 g/mol. The lowest BCUT2D eigenvalue weighted by atomic mass is 10.4. The van der Waals surface area contributed by atoms with E-state index in [4.69, 9.17) is 11.5 Å². The smallest absolute Gasteiger partial charge is 0.323 e. The molecule has 0 radical (unpaired) electrons. The van der Waals surface area contributed by atoms with Gasteiger partial charge in [0.2, 0.25) is 0 Å². The lowest BCUT2D eigenvalue weighted by molar-refractivity contribution is -0.142. The van der Waals surface area contributed by atoms with Crippen LogP contribution in [0.2, 0.25) is 0 Å². The average molecular weight is 341 g/mol. The Balaban J connectivity index is -0.00000112. The molecule has 10 heteroatoms. The first-order chi connectivity index (χ1) is 7.52. The van der Waals surface area contributed by atoms with E-state index >= 15 is 0 Å². The molecule has 0 saturated carbocycles. The van der Waals surface area contributed by atoms with Crippen molar-refractivity contribution in [2.24, 2.45) is 11.5 Å². The first kappa shape index (κ1) is 23.2. The summed E-state index contributed by atoms with van der Waals surface area (Å²) in [4.78, 5) is 21.9. The zero-order valence-electron chi connectivity index (χ0n) is 9.99. The van der Waals surface area contributed by atoms with E-state index in [0.29, 0.717) is 11.5 Å². The largest absolute Gasteiger partial charge is 0.468 e. The topological polar surface area (TPSA) is 105 Å². The van der Waals surface area contributed by atoms with Gasteiger partial charge in [-0.3, -0.25) is 9.59 Å². The van der Waals surface area contributed by atoms with E-state index in [2.05, 4.69) is 9.47 Å². The lowest BCUT2D eigenvalue weighted by Crippen LogP contribution is -2.34. The summed E-state index contributed by atoms with van der Waals surface area (Å²) in [6, 6.07) is -1.31. The standard InChI is InChI=1S/C8H16N2O4S2.2ClH/c1-13-7(11)5(9)3-15-16-4-6(10)8(12)14-2;;/h5-6H,3-4,9-10H2,1-2H3;2*1H/t5-,6-;;/m1../s1. The number of carbonyl (C=O) groups excluding carboxylic acids is 2. The molecule has 0 aliphatic heterocycles. The summed E-state index contributed by atoms with van der Waals surface area (Å²) in [6.07, 6.45) is 0. The predicted molar refractivity (Wildman–Crippen MR) is 79.4 cm³/mol. The van der Waals surface area contributed by atoms with Gasteiger partial charge in [-0.1, -0.05) is 21.6 Å². The Labute approximate surface area is 126 Å². The second-order valence-corrected chi connectivity index (χ2v) is 5.38. The van der Waals surface area contributed by atoms with Crippen LogP contribution in [0.5, 0.6) is 0 Å². The zero-order valence-corrected chi connectivity index (χ0v) is 13.3. The van der Waals surface area contributed by atoms with Gasteiger partial charge in [-0.25, -0.2) is 0 Å². The summed E-state index contributed by atoms with van der Waals surface area (Å²) in [5, 5.41) is 0. The van der Waals surface area contributed by atoms with Crippen LogP contribution >= 0.6 is 46.4 Å². The minimum atomic E-state index is -0.656. The molecule has 0 aliphatic rings. The number of halogens is 2. The van der Waals surface area contributed by atoms with Gasteiger partial charge >= 0.3 is 11.9 Å². The Morgan fingerprint density at radius 1 is 0.944 bits per heavy atom. The van der Waals surface area contributed by atoms with Gasteiger partial charge in [0, 0.05) is 11.5 Å². The SMILES string of the molecule is COC(=O)[C@H](N)CSSC[C@@H](N)C(=O)OC.Cl.Cl. The number of hydrogen-bond acceptors (Lipinski definition) is 8. The van der Waals surface area contributed by atoms with Gasteiger partial charge in [-0.2, -0.15) is 0 Å². The van der Waals surface area contributed by atoms with Crippen LogP contribution in [0, 0.1) is 0 Å². The molecule has 0 aliphatic carbocycles. The Kier molecular flexibility index (Phi) is 17.5. The van der Waals surface area contributed by atoms with Crippen molar-refractivity contribution >= 4 is 58.3 Å². The van der Waals surface area contributed by atoms with Crippen LogP contribution in [-0.4, -0.2) is 49.7 Å². The van der Waals surface area contributed by atoms with E-state index in [1.165, 1.54) is 35.8 Å². The van der Waals surface area contributed by atoms with Crippen molar-refractivity contribution < 1.29 is 19.1 Å². The van der Waals surface area contributed by atoms with E-state index in [-0.39, 0.29) is 24.8 Å². The molecule has 0 spiro atoms. The van der Waals surface area contributed by atoms with Crippen LogP contribution < -0.4 is 11.5 Å². The lowest BCUT2D eigenvalue weighted by Gasteiger charge is -2.10. The summed E-state index contributed by atoms with van der Waals surface area (Å²) in [6.45, 7) is 0. The third kappa shape index (κ3) is 10.1. The maximum absolute atomic E-state index is 10.9. The first-order valence-corrected chi connectivity index (χ1v) is 6.93. The van der Waals surface area contributed by atoms with Gasteiger partial charge in [-0.15, -0.1) is 24.8 Å². The van der Waals surface area contributed by atoms with E-state index < -0.39 is 24.0 Å². The van der Waals surface area contributed by atoms with E-state index in [1.807, 2.05) is 0 Å². The summed E-state index contributed by atoms with van der Waals surface area (Å²) in [5.74, 6) is -0.0908. The number of carbonyl (C=O) groups is 2. The van der Waals surface area contributed by atoms with Crippen LogP contribution in [0.3, 0.4) is 0 Å². The molecule has 4 N–H and O–H groups in total. The van der Waals surface area contributed by atoms with Crippen LogP contribution in [0.4, 0.5) is 0 Å². The molecule has 0 rings (SSSR count). The Morgan fingerprint density at radius 2 is 1.22 bits per heavy atom. The van der Waals surface area contributed by atoms with Crippen LogP contribution in [0.1, 0.15) is 0 Å². The maximum Gasteiger partial charge on any atom is 0.323 e. The molecular formula is C8H18Cl2N2O4S2. The van der Waals surface area contributed by atoms with Gasteiger partial charge < -0.3 is 20.9 Å². The highest BCUT2D eigenvalue weighted by Crippen LogP contribution is 2.22. The highest BCUT2D eigenvalue weighted by atomic mass is 35.5. The Hall–Kier alpha value is 0.140. The van der Waals surface area contributed by atoms with Crippen molar-refractivity contribution in [3.05, 3.63) is 0 Å².